The van der Waals surface area contributed by atoms with E-state index in [0.717, 1.165) is 5.56 Å². The maximum atomic E-state index is 12.7. The molecule has 0 aliphatic rings. The van der Waals surface area contributed by atoms with E-state index < -0.39 is 27.7 Å². The Bertz CT molecular complexity index is 1290. The molecule has 0 atom stereocenters. The van der Waals surface area contributed by atoms with Crippen molar-refractivity contribution in [2.24, 2.45) is 5.73 Å². The summed E-state index contributed by atoms with van der Waals surface area (Å²) in [6.45, 7) is 1.60. The van der Waals surface area contributed by atoms with Crippen LogP contribution in [0.25, 0.3) is 0 Å². The number of carbonyl (C=O) groups excluding carboxylic acids is 3. The SMILES string of the molecule is Cc1ccc(S(=O)(=O)NCc2ccco2)cc1C(=O)NCc1ccc(C(=O)NCC(N)=O)cc1. The predicted octanol–water partition coefficient (Wildman–Crippen LogP) is 1.21. The van der Waals surface area contributed by atoms with Crippen molar-refractivity contribution in [3.05, 3.63) is 88.9 Å². The number of nitrogens with two attached hydrogens (primary N) is 1. The summed E-state index contributed by atoms with van der Waals surface area (Å²) in [4.78, 5) is 35.4. The molecule has 0 fully saturated rings. The third-order valence-electron chi connectivity index (χ3n) is 4.87. The van der Waals surface area contributed by atoms with Gasteiger partial charge in [0, 0.05) is 17.7 Å². The molecule has 0 saturated heterocycles. The fourth-order valence-corrected chi connectivity index (χ4v) is 4.02. The lowest BCUT2D eigenvalue weighted by molar-refractivity contribution is -0.117. The van der Waals surface area contributed by atoms with Gasteiger partial charge in [-0.1, -0.05) is 18.2 Å². The van der Waals surface area contributed by atoms with Crippen molar-refractivity contribution in [1.82, 2.24) is 15.4 Å². The van der Waals surface area contributed by atoms with E-state index in [9.17, 15) is 22.8 Å². The lowest BCUT2D eigenvalue weighted by Crippen LogP contribution is -2.33. The summed E-state index contributed by atoms with van der Waals surface area (Å²) in [6, 6.07) is 14.1. The zero-order valence-electron chi connectivity index (χ0n) is 18.3. The second-order valence-corrected chi connectivity index (χ2v) is 9.18. The standard InChI is InChI=1S/C23H24N4O6S/c1-15-4-9-19(34(31,32)27-13-18-3-2-10-33-18)11-20(15)23(30)25-12-16-5-7-17(8-6-16)22(29)26-14-21(24)28/h2-11,27H,12-14H2,1H3,(H2,24,28)(H,25,30)(H,26,29). The molecule has 0 spiro atoms. The van der Waals surface area contributed by atoms with Crippen LogP contribution in [-0.2, 0) is 27.9 Å². The molecule has 1 heterocycles. The van der Waals surface area contributed by atoms with Crippen LogP contribution >= 0.6 is 0 Å². The number of sulfonamides is 1. The third kappa shape index (κ3) is 6.53. The molecule has 3 amide bonds. The molecule has 3 rings (SSSR count). The Hall–Kier alpha value is -3.96. The van der Waals surface area contributed by atoms with Gasteiger partial charge in [-0.15, -0.1) is 0 Å². The maximum Gasteiger partial charge on any atom is 0.251 e. The Morgan fingerprint density at radius 3 is 2.32 bits per heavy atom. The number of primary amides is 1. The zero-order valence-corrected chi connectivity index (χ0v) is 19.1. The lowest BCUT2D eigenvalue weighted by atomic mass is 10.1. The highest BCUT2D eigenvalue weighted by molar-refractivity contribution is 7.89. The van der Waals surface area contributed by atoms with Crippen molar-refractivity contribution in [3.8, 4) is 0 Å². The number of carbonyl (C=O) groups is 3. The molecule has 10 nitrogen and oxygen atoms in total. The van der Waals surface area contributed by atoms with Crippen LogP contribution in [0.3, 0.4) is 0 Å². The van der Waals surface area contributed by atoms with Crippen molar-refractivity contribution in [3.63, 3.8) is 0 Å². The molecule has 0 radical (unpaired) electrons. The van der Waals surface area contributed by atoms with Gasteiger partial charge in [0.1, 0.15) is 5.76 Å². The summed E-state index contributed by atoms with van der Waals surface area (Å²) in [5.41, 5.74) is 6.91. The van der Waals surface area contributed by atoms with Gasteiger partial charge in [0.25, 0.3) is 11.8 Å². The van der Waals surface area contributed by atoms with E-state index in [4.69, 9.17) is 10.2 Å². The number of aryl methyl sites for hydroxylation is 1. The van der Waals surface area contributed by atoms with Crippen LogP contribution in [0.1, 0.15) is 37.6 Å². The Labute approximate surface area is 196 Å². The molecule has 0 unspecified atom stereocenters. The zero-order chi connectivity index (χ0) is 24.7. The minimum Gasteiger partial charge on any atom is -0.468 e. The highest BCUT2D eigenvalue weighted by Gasteiger charge is 2.18. The van der Waals surface area contributed by atoms with E-state index in [-0.39, 0.29) is 30.1 Å². The first-order valence-corrected chi connectivity index (χ1v) is 11.7. The van der Waals surface area contributed by atoms with Crippen LogP contribution in [0.4, 0.5) is 0 Å². The van der Waals surface area contributed by atoms with Crippen molar-refractivity contribution < 1.29 is 27.2 Å². The first-order valence-electron chi connectivity index (χ1n) is 10.2. The number of hydrogen-bond donors (Lipinski definition) is 4. The van der Waals surface area contributed by atoms with Gasteiger partial charge in [-0.2, -0.15) is 0 Å². The van der Waals surface area contributed by atoms with Gasteiger partial charge in [0.15, 0.2) is 0 Å². The Balaban J connectivity index is 1.63. The molecule has 0 bridgehead atoms. The highest BCUT2D eigenvalue weighted by Crippen LogP contribution is 2.17. The summed E-state index contributed by atoms with van der Waals surface area (Å²) in [5, 5.41) is 5.13. The molecule has 2 aromatic carbocycles. The largest absolute Gasteiger partial charge is 0.468 e. The molecule has 3 aromatic rings. The number of nitrogens with one attached hydrogen (secondary N) is 3. The fourth-order valence-electron chi connectivity index (χ4n) is 3.00. The molecule has 34 heavy (non-hydrogen) atoms. The summed E-state index contributed by atoms with van der Waals surface area (Å²) in [7, 11) is -3.86. The average Bonchev–Trinajstić information content (AvgIpc) is 3.34. The number of hydrogen-bond acceptors (Lipinski definition) is 6. The highest BCUT2D eigenvalue weighted by atomic mass is 32.2. The van der Waals surface area contributed by atoms with Gasteiger partial charge in [-0.25, -0.2) is 13.1 Å². The molecular weight excluding hydrogens is 460 g/mol. The van der Waals surface area contributed by atoms with E-state index in [1.807, 2.05) is 0 Å². The summed E-state index contributed by atoms with van der Waals surface area (Å²) >= 11 is 0. The minimum absolute atomic E-state index is 0.0126. The van der Waals surface area contributed by atoms with Crippen LogP contribution in [0, 0.1) is 6.92 Å². The number of rotatable bonds is 10. The smallest absolute Gasteiger partial charge is 0.251 e. The predicted molar refractivity (Wildman–Crippen MR) is 123 cm³/mol. The Morgan fingerprint density at radius 2 is 1.68 bits per heavy atom. The fraction of sp³-hybridized carbons (Fsp3) is 0.174. The average molecular weight is 485 g/mol. The van der Waals surface area contributed by atoms with E-state index in [1.54, 1.807) is 49.4 Å². The molecular formula is C23H24N4O6S. The quantitative estimate of drug-likeness (QED) is 0.338. The van der Waals surface area contributed by atoms with Gasteiger partial charge in [0.2, 0.25) is 15.9 Å². The van der Waals surface area contributed by atoms with Crippen molar-refractivity contribution >= 4 is 27.7 Å². The summed E-state index contributed by atoms with van der Waals surface area (Å²) in [5.74, 6) is -1.06. The Kier molecular flexibility index (Phi) is 7.82. The van der Waals surface area contributed by atoms with E-state index in [2.05, 4.69) is 15.4 Å². The normalized spacial score (nSPS) is 11.1. The minimum atomic E-state index is -3.86. The van der Waals surface area contributed by atoms with Gasteiger partial charge < -0.3 is 20.8 Å². The van der Waals surface area contributed by atoms with Crippen molar-refractivity contribution in [2.75, 3.05) is 6.54 Å². The molecule has 11 heteroatoms. The summed E-state index contributed by atoms with van der Waals surface area (Å²) in [6.07, 6.45) is 1.45. The third-order valence-corrected chi connectivity index (χ3v) is 6.27. The van der Waals surface area contributed by atoms with Gasteiger partial charge in [-0.3, -0.25) is 14.4 Å². The second kappa shape index (κ2) is 10.8. The van der Waals surface area contributed by atoms with Crippen LogP contribution < -0.4 is 21.1 Å². The van der Waals surface area contributed by atoms with Crippen LogP contribution in [0.15, 0.2) is 70.2 Å². The summed E-state index contributed by atoms with van der Waals surface area (Å²) < 4.78 is 32.8. The monoisotopic (exact) mass is 484 g/mol. The molecule has 0 aliphatic heterocycles. The molecule has 0 saturated carbocycles. The Morgan fingerprint density at radius 1 is 0.941 bits per heavy atom. The first-order chi connectivity index (χ1) is 16.2. The molecule has 1 aromatic heterocycles. The van der Waals surface area contributed by atoms with Crippen LogP contribution in [0.2, 0.25) is 0 Å². The maximum absolute atomic E-state index is 12.7. The van der Waals surface area contributed by atoms with E-state index in [1.165, 1.54) is 18.4 Å². The number of furan rings is 1. The van der Waals surface area contributed by atoms with Crippen LogP contribution in [0.5, 0.6) is 0 Å². The second-order valence-electron chi connectivity index (χ2n) is 7.41. The topological polar surface area (TPSA) is 161 Å². The van der Waals surface area contributed by atoms with Crippen molar-refractivity contribution in [2.45, 2.75) is 24.9 Å². The van der Waals surface area contributed by atoms with E-state index in [0.29, 0.717) is 16.9 Å². The molecule has 0 aliphatic carbocycles. The lowest BCUT2D eigenvalue weighted by Gasteiger charge is -2.11. The van der Waals surface area contributed by atoms with Gasteiger partial charge >= 0.3 is 0 Å². The van der Waals surface area contributed by atoms with Crippen molar-refractivity contribution in [1.29, 1.82) is 0 Å². The number of benzene rings is 2. The molecule has 5 N–H and O–H groups in total. The first kappa shape index (κ1) is 24.7. The van der Waals surface area contributed by atoms with Gasteiger partial charge in [0.05, 0.1) is 24.2 Å². The molecule has 178 valence electrons. The van der Waals surface area contributed by atoms with E-state index >= 15 is 0 Å². The van der Waals surface area contributed by atoms with Crippen LogP contribution in [-0.4, -0.2) is 32.7 Å². The number of amides is 3. The van der Waals surface area contributed by atoms with Gasteiger partial charge in [-0.05, 0) is 54.4 Å².